The molecule has 0 atom stereocenters. The predicted octanol–water partition coefficient (Wildman–Crippen LogP) is 4.07. The normalized spacial score (nSPS) is 10.8. The lowest BCUT2D eigenvalue weighted by molar-refractivity contribution is 0.101. The summed E-state index contributed by atoms with van der Waals surface area (Å²) in [5, 5.41) is 3.22. The van der Waals surface area contributed by atoms with Gasteiger partial charge in [0.05, 0.1) is 23.4 Å². The van der Waals surface area contributed by atoms with Crippen LogP contribution in [0.3, 0.4) is 0 Å². The molecule has 2 heterocycles. The van der Waals surface area contributed by atoms with Crippen LogP contribution in [0.1, 0.15) is 23.1 Å². The molecule has 0 bridgehead atoms. The van der Waals surface area contributed by atoms with E-state index in [0.29, 0.717) is 17.2 Å². The highest BCUT2D eigenvalue weighted by Gasteiger charge is 2.11. The van der Waals surface area contributed by atoms with Gasteiger partial charge in [-0.1, -0.05) is 12.1 Å². The van der Waals surface area contributed by atoms with E-state index >= 15 is 0 Å². The maximum Gasteiger partial charge on any atom is 0.159 e. The molecular weight excluding hydrogens is 326 g/mol. The molecule has 4 aromatic rings. The number of aromatic nitrogens is 4. The minimum atomic E-state index is 0.0424. The number of hydrogen-bond acceptors (Lipinski definition) is 5. The molecule has 0 fully saturated rings. The molecule has 0 saturated heterocycles. The van der Waals surface area contributed by atoms with Crippen LogP contribution in [0.25, 0.3) is 16.9 Å². The molecule has 0 radical (unpaired) electrons. The Morgan fingerprint density at radius 2 is 1.77 bits per heavy atom. The molecule has 2 aromatic carbocycles. The maximum atomic E-state index is 11.4. The van der Waals surface area contributed by atoms with Gasteiger partial charge in [0.25, 0.3) is 0 Å². The minimum absolute atomic E-state index is 0.0424. The van der Waals surface area contributed by atoms with Crippen molar-refractivity contribution in [3.63, 3.8) is 0 Å². The molecular formula is C20H17N5O. The molecule has 6 heteroatoms. The molecule has 26 heavy (non-hydrogen) atoms. The monoisotopic (exact) mass is 343 g/mol. The summed E-state index contributed by atoms with van der Waals surface area (Å²) in [4.78, 5) is 24.9. The number of Topliss-reactive ketones (excluding diaryl/α,β-unsaturated/α-hetero) is 1. The summed E-state index contributed by atoms with van der Waals surface area (Å²) >= 11 is 0. The first-order valence-corrected chi connectivity index (χ1v) is 8.26. The van der Waals surface area contributed by atoms with Gasteiger partial charge in [-0.15, -0.1) is 0 Å². The van der Waals surface area contributed by atoms with Crippen LogP contribution in [-0.4, -0.2) is 25.3 Å². The van der Waals surface area contributed by atoms with Gasteiger partial charge in [0, 0.05) is 11.3 Å². The first-order chi connectivity index (χ1) is 12.6. The van der Waals surface area contributed by atoms with E-state index in [1.807, 2.05) is 47.9 Å². The number of carbonyl (C=O) groups is 1. The zero-order valence-electron chi connectivity index (χ0n) is 14.5. The van der Waals surface area contributed by atoms with Crippen molar-refractivity contribution in [2.24, 2.45) is 0 Å². The summed E-state index contributed by atoms with van der Waals surface area (Å²) < 4.78 is 1.98. The number of carbonyl (C=O) groups excluding carboxylic acids is 1. The van der Waals surface area contributed by atoms with Gasteiger partial charge in [-0.05, 0) is 50.2 Å². The number of rotatable bonds is 4. The fraction of sp³-hybridized carbons (Fsp3) is 0.100. The molecule has 0 spiro atoms. The Morgan fingerprint density at radius 1 is 1.00 bits per heavy atom. The molecule has 0 aliphatic rings. The lowest BCUT2D eigenvalue weighted by Crippen LogP contribution is -2.03. The van der Waals surface area contributed by atoms with E-state index < -0.39 is 0 Å². The average Bonchev–Trinajstić information content (AvgIpc) is 2.98. The number of benzene rings is 2. The third-order valence-electron chi connectivity index (χ3n) is 4.14. The average molecular weight is 343 g/mol. The van der Waals surface area contributed by atoms with E-state index in [1.165, 1.54) is 0 Å². The molecule has 0 aliphatic heterocycles. The quantitative estimate of drug-likeness (QED) is 0.566. The summed E-state index contributed by atoms with van der Waals surface area (Å²) in [5.41, 5.74) is 3.43. The van der Waals surface area contributed by atoms with Crippen molar-refractivity contribution in [1.82, 2.24) is 19.5 Å². The Morgan fingerprint density at radius 3 is 2.54 bits per heavy atom. The Hall–Kier alpha value is -3.54. The third-order valence-corrected chi connectivity index (χ3v) is 4.14. The fourth-order valence-electron chi connectivity index (χ4n) is 2.90. The zero-order chi connectivity index (χ0) is 18.1. The number of fused-ring (bicyclic) bond motifs is 1. The van der Waals surface area contributed by atoms with Gasteiger partial charge in [0.2, 0.25) is 0 Å². The molecule has 4 rings (SSSR count). The number of para-hydroxylation sites is 2. The molecule has 1 N–H and O–H groups in total. The highest BCUT2D eigenvalue weighted by atomic mass is 16.1. The smallest absolute Gasteiger partial charge is 0.159 e. The second-order valence-corrected chi connectivity index (χ2v) is 6.00. The first-order valence-electron chi connectivity index (χ1n) is 8.26. The minimum Gasteiger partial charge on any atom is -0.339 e. The summed E-state index contributed by atoms with van der Waals surface area (Å²) in [6, 6.07) is 15.2. The number of ketones is 1. The van der Waals surface area contributed by atoms with Crippen molar-refractivity contribution in [1.29, 1.82) is 0 Å². The third kappa shape index (κ3) is 2.93. The molecule has 0 saturated carbocycles. The first kappa shape index (κ1) is 16.0. The van der Waals surface area contributed by atoms with Crippen molar-refractivity contribution in [3.8, 4) is 5.82 Å². The fourth-order valence-corrected chi connectivity index (χ4v) is 2.90. The Kier molecular flexibility index (Phi) is 3.93. The van der Waals surface area contributed by atoms with E-state index in [2.05, 4.69) is 20.3 Å². The highest BCUT2D eigenvalue weighted by molar-refractivity contribution is 5.94. The van der Waals surface area contributed by atoms with Crippen LogP contribution in [0.15, 0.2) is 60.9 Å². The molecule has 6 nitrogen and oxygen atoms in total. The van der Waals surface area contributed by atoms with E-state index in [9.17, 15) is 4.79 Å². The molecule has 0 amide bonds. The topological polar surface area (TPSA) is 72.7 Å². The van der Waals surface area contributed by atoms with E-state index in [-0.39, 0.29) is 5.78 Å². The standard InChI is InChI=1S/C20H17N5O/c1-13(26)15-7-9-16(10-8-15)23-19-11-21-12-20(24-19)25-14(2)22-17-5-3-4-6-18(17)25/h3-12H,1-2H3,(H,23,24). The van der Waals surface area contributed by atoms with Crippen LogP contribution in [0.4, 0.5) is 11.5 Å². The molecule has 2 aromatic heterocycles. The lowest BCUT2D eigenvalue weighted by Gasteiger charge is -2.09. The number of nitrogens with zero attached hydrogens (tertiary/aromatic N) is 4. The van der Waals surface area contributed by atoms with E-state index in [0.717, 1.165) is 22.5 Å². The Bertz CT molecular complexity index is 1100. The van der Waals surface area contributed by atoms with E-state index in [4.69, 9.17) is 0 Å². The van der Waals surface area contributed by atoms with Gasteiger partial charge in [0.1, 0.15) is 5.82 Å². The van der Waals surface area contributed by atoms with Crippen LogP contribution in [0.5, 0.6) is 0 Å². The molecule has 128 valence electrons. The number of hydrogen-bond donors (Lipinski definition) is 1. The van der Waals surface area contributed by atoms with Crippen LogP contribution in [-0.2, 0) is 0 Å². The van der Waals surface area contributed by atoms with Crippen LogP contribution in [0.2, 0.25) is 0 Å². The molecule has 0 unspecified atom stereocenters. The van der Waals surface area contributed by atoms with Gasteiger partial charge in [0.15, 0.2) is 17.4 Å². The predicted molar refractivity (Wildman–Crippen MR) is 101 cm³/mol. The number of imidazole rings is 1. The maximum absolute atomic E-state index is 11.4. The largest absolute Gasteiger partial charge is 0.339 e. The van der Waals surface area contributed by atoms with Gasteiger partial charge >= 0.3 is 0 Å². The lowest BCUT2D eigenvalue weighted by atomic mass is 10.1. The van der Waals surface area contributed by atoms with Crippen molar-refractivity contribution < 1.29 is 4.79 Å². The van der Waals surface area contributed by atoms with Crippen LogP contribution in [0, 0.1) is 6.92 Å². The molecule has 0 aliphatic carbocycles. The van der Waals surface area contributed by atoms with E-state index in [1.54, 1.807) is 31.5 Å². The number of aryl methyl sites for hydroxylation is 1. The van der Waals surface area contributed by atoms with Crippen molar-refractivity contribution in [2.45, 2.75) is 13.8 Å². The van der Waals surface area contributed by atoms with Crippen molar-refractivity contribution >= 4 is 28.3 Å². The SMILES string of the molecule is CC(=O)c1ccc(Nc2cncc(-n3c(C)nc4ccccc43)n2)cc1. The van der Waals surface area contributed by atoms with Crippen molar-refractivity contribution in [2.75, 3.05) is 5.32 Å². The summed E-state index contributed by atoms with van der Waals surface area (Å²) in [7, 11) is 0. The summed E-state index contributed by atoms with van der Waals surface area (Å²) in [6.45, 7) is 3.50. The summed E-state index contributed by atoms with van der Waals surface area (Å²) in [6.07, 6.45) is 3.38. The number of nitrogens with one attached hydrogen (secondary N) is 1. The second kappa shape index (κ2) is 6.40. The number of anilines is 2. The van der Waals surface area contributed by atoms with Gasteiger partial charge in [-0.25, -0.2) is 9.97 Å². The van der Waals surface area contributed by atoms with Gasteiger partial charge in [-0.2, -0.15) is 0 Å². The van der Waals surface area contributed by atoms with Crippen LogP contribution >= 0.6 is 0 Å². The Balaban J connectivity index is 1.68. The summed E-state index contributed by atoms with van der Waals surface area (Å²) in [5.74, 6) is 2.21. The zero-order valence-corrected chi connectivity index (χ0v) is 14.5. The van der Waals surface area contributed by atoms with Gasteiger partial charge < -0.3 is 5.32 Å². The van der Waals surface area contributed by atoms with Gasteiger partial charge in [-0.3, -0.25) is 14.3 Å². The highest BCUT2D eigenvalue weighted by Crippen LogP contribution is 2.21. The van der Waals surface area contributed by atoms with Crippen LogP contribution < -0.4 is 5.32 Å². The van der Waals surface area contributed by atoms with Crippen molar-refractivity contribution in [3.05, 3.63) is 72.3 Å². The second-order valence-electron chi connectivity index (χ2n) is 6.00. The Labute approximate surface area is 150 Å².